The summed E-state index contributed by atoms with van der Waals surface area (Å²) in [6.07, 6.45) is 5.39. The lowest BCUT2D eigenvalue weighted by Crippen LogP contribution is -2.44. The maximum Gasteiger partial charge on any atom is 0.225 e. The summed E-state index contributed by atoms with van der Waals surface area (Å²) < 4.78 is 13.8. The monoisotopic (exact) mass is 435 g/mol. The van der Waals surface area contributed by atoms with Gasteiger partial charge in [-0.05, 0) is 98.1 Å². The van der Waals surface area contributed by atoms with Crippen LogP contribution in [-0.4, -0.2) is 21.9 Å². The van der Waals surface area contributed by atoms with Crippen molar-refractivity contribution in [1.82, 2.24) is 10.2 Å². The number of ketones is 1. The molecule has 6 heteroatoms. The molecule has 0 saturated heterocycles. The molecule has 5 atom stereocenters. The second-order valence-electron chi connectivity index (χ2n) is 10.2. The van der Waals surface area contributed by atoms with E-state index in [0.717, 1.165) is 36.9 Å². The molecular weight excluding hydrogens is 405 g/mol. The van der Waals surface area contributed by atoms with Gasteiger partial charge in [0.2, 0.25) is 5.91 Å². The molecule has 2 aromatic rings. The number of fused-ring (bicyclic) bond motifs is 5. The number of anilines is 1. The van der Waals surface area contributed by atoms with Crippen LogP contribution in [-0.2, 0) is 16.0 Å². The van der Waals surface area contributed by atoms with Gasteiger partial charge in [0.15, 0.2) is 5.82 Å². The molecule has 3 unspecified atom stereocenters. The van der Waals surface area contributed by atoms with E-state index in [9.17, 15) is 14.0 Å². The zero-order valence-electron chi connectivity index (χ0n) is 18.7. The topological polar surface area (TPSA) is 72.0 Å². The molecule has 1 aromatic heterocycles. The Kier molecular flexibility index (Phi) is 5.34. The highest BCUT2D eigenvalue weighted by Gasteiger charge is 2.58. The number of halogens is 1. The van der Waals surface area contributed by atoms with Gasteiger partial charge in [0.25, 0.3) is 0 Å². The first kappa shape index (κ1) is 21.2. The van der Waals surface area contributed by atoms with E-state index in [0.29, 0.717) is 48.6 Å². The predicted octanol–water partition coefficient (Wildman–Crippen LogP) is 4.99. The maximum atomic E-state index is 13.8. The molecule has 0 radical (unpaired) electrons. The first-order valence-electron chi connectivity index (χ1n) is 11.8. The summed E-state index contributed by atoms with van der Waals surface area (Å²) in [5, 5.41) is 10.8. The SMILES string of the molecule is Cc1ccc(NC(=O)CC[C@@H]2CC(=O)[C@@]3(C)CCC4c5ccc(F)cc5CCC4C23)nn1. The van der Waals surface area contributed by atoms with Crippen LogP contribution in [0.5, 0.6) is 0 Å². The molecule has 5 rings (SSSR count). The lowest BCUT2D eigenvalue weighted by Gasteiger charge is -2.50. The molecule has 3 aliphatic carbocycles. The van der Waals surface area contributed by atoms with Crippen LogP contribution in [0.2, 0.25) is 0 Å². The molecule has 5 nitrogen and oxygen atoms in total. The second kappa shape index (κ2) is 8.05. The largest absolute Gasteiger partial charge is 0.309 e. The Balaban J connectivity index is 1.32. The van der Waals surface area contributed by atoms with E-state index >= 15 is 0 Å². The number of nitrogens with one attached hydrogen (secondary N) is 1. The molecule has 168 valence electrons. The van der Waals surface area contributed by atoms with Gasteiger partial charge in [0.1, 0.15) is 11.6 Å². The Morgan fingerprint density at radius 3 is 2.84 bits per heavy atom. The van der Waals surface area contributed by atoms with Crippen LogP contribution in [0.15, 0.2) is 30.3 Å². The number of aromatic nitrogens is 2. The average molecular weight is 436 g/mol. The average Bonchev–Trinajstić information content (AvgIpc) is 3.03. The summed E-state index contributed by atoms with van der Waals surface area (Å²) in [6, 6.07) is 8.80. The fourth-order valence-corrected chi connectivity index (χ4v) is 6.86. The van der Waals surface area contributed by atoms with Gasteiger partial charge in [-0.2, -0.15) is 5.10 Å². The first-order chi connectivity index (χ1) is 15.3. The second-order valence-corrected chi connectivity index (χ2v) is 10.2. The van der Waals surface area contributed by atoms with E-state index in [4.69, 9.17) is 0 Å². The normalized spacial score (nSPS) is 30.9. The van der Waals surface area contributed by atoms with Gasteiger partial charge < -0.3 is 5.32 Å². The van der Waals surface area contributed by atoms with Crippen molar-refractivity contribution in [2.24, 2.45) is 23.2 Å². The smallest absolute Gasteiger partial charge is 0.225 e. The minimum Gasteiger partial charge on any atom is -0.309 e. The summed E-state index contributed by atoms with van der Waals surface area (Å²) in [6.45, 7) is 4.00. The molecule has 0 aliphatic heterocycles. The third-order valence-corrected chi connectivity index (χ3v) is 8.34. The third kappa shape index (κ3) is 3.63. The van der Waals surface area contributed by atoms with Crippen LogP contribution < -0.4 is 5.32 Å². The molecule has 1 heterocycles. The van der Waals surface area contributed by atoms with Gasteiger partial charge in [-0.15, -0.1) is 5.10 Å². The van der Waals surface area contributed by atoms with Crippen molar-refractivity contribution in [3.05, 3.63) is 53.0 Å². The molecule has 0 bridgehead atoms. The fraction of sp³-hybridized carbons (Fsp3) is 0.538. The minimum absolute atomic E-state index is 0.0824. The van der Waals surface area contributed by atoms with Crippen molar-refractivity contribution in [3.8, 4) is 0 Å². The lowest BCUT2D eigenvalue weighted by atomic mass is 9.54. The van der Waals surface area contributed by atoms with Crippen molar-refractivity contribution in [2.45, 2.75) is 64.7 Å². The lowest BCUT2D eigenvalue weighted by molar-refractivity contribution is -0.129. The number of amides is 1. The van der Waals surface area contributed by atoms with Crippen LogP contribution in [0.4, 0.5) is 10.2 Å². The van der Waals surface area contributed by atoms with E-state index in [-0.39, 0.29) is 23.1 Å². The zero-order chi connectivity index (χ0) is 22.5. The summed E-state index contributed by atoms with van der Waals surface area (Å²) in [5.74, 6) is 1.90. The van der Waals surface area contributed by atoms with Crippen molar-refractivity contribution >= 4 is 17.5 Å². The van der Waals surface area contributed by atoms with Gasteiger partial charge in [0, 0.05) is 18.3 Å². The highest BCUT2D eigenvalue weighted by Crippen LogP contribution is 2.62. The Labute approximate surface area is 188 Å². The summed E-state index contributed by atoms with van der Waals surface area (Å²) in [4.78, 5) is 25.7. The molecule has 2 fully saturated rings. The van der Waals surface area contributed by atoms with Crippen molar-refractivity contribution in [2.75, 3.05) is 5.32 Å². The molecule has 2 saturated carbocycles. The van der Waals surface area contributed by atoms with Crippen LogP contribution in [0, 0.1) is 35.9 Å². The maximum absolute atomic E-state index is 13.8. The van der Waals surface area contributed by atoms with Gasteiger partial charge in [-0.25, -0.2) is 4.39 Å². The molecule has 32 heavy (non-hydrogen) atoms. The van der Waals surface area contributed by atoms with Crippen molar-refractivity contribution in [1.29, 1.82) is 0 Å². The van der Waals surface area contributed by atoms with Crippen molar-refractivity contribution in [3.63, 3.8) is 0 Å². The quantitative estimate of drug-likeness (QED) is 0.734. The Morgan fingerprint density at radius 2 is 2.06 bits per heavy atom. The number of aryl methyl sites for hydroxylation is 2. The van der Waals surface area contributed by atoms with E-state index in [2.05, 4.69) is 22.4 Å². The highest BCUT2D eigenvalue weighted by atomic mass is 19.1. The van der Waals surface area contributed by atoms with Gasteiger partial charge in [-0.1, -0.05) is 13.0 Å². The van der Waals surface area contributed by atoms with Crippen LogP contribution in [0.25, 0.3) is 0 Å². The number of Topliss-reactive ketones (excluding diaryl/α,β-unsaturated/α-hetero) is 1. The predicted molar refractivity (Wildman–Crippen MR) is 120 cm³/mol. The number of nitrogens with zero attached hydrogens (tertiary/aromatic N) is 2. The van der Waals surface area contributed by atoms with E-state index in [1.165, 1.54) is 5.56 Å². The fourth-order valence-electron chi connectivity index (χ4n) is 6.86. The molecular formula is C26H30FN3O2. The number of hydrogen-bond acceptors (Lipinski definition) is 4. The summed E-state index contributed by atoms with van der Waals surface area (Å²) in [7, 11) is 0. The van der Waals surface area contributed by atoms with E-state index in [1.54, 1.807) is 18.2 Å². The highest BCUT2D eigenvalue weighted by molar-refractivity contribution is 5.90. The van der Waals surface area contributed by atoms with Crippen LogP contribution in [0.1, 0.15) is 68.2 Å². The Morgan fingerprint density at radius 1 is 1.22 bits per heavy atom. The standard InChI is InChI=1S/C26H30FN3O2/c1-15-3-9-23(30-29-15)28-24(32)10-5-17-14-22(31)26(2)12-11-20-19-8-6-18(27)13-16(19)4-7-21(20)25(17)26/h3,6,8-9,13,17,20-21,25H,4-5,7,10-12,14H2,1-2H3,(H,28,30,32)/t17-,20?,21?,25?,26-/m1/s1. The molecule has 1 aromatic carbocycles. The van der Waals surface area contributed by atoms with Gasteiger partial charge >= 0.3 is 0 Å². The first-order valence-corrected chi connectivity index (χ1v) is 11.8. The number of hydrogen-bond donors (Lipinski definition) is 1. The van der Waals surface area contributed by atoms with Crippen LogP contribution >= 0.6 is 0 Å². The summed E-state index contributed by atoms with van der Waals surface area (Å²) in [5.41, 5.74) is 2.92. The summed E-state index contributed by atoms with van der Waals surface area (Å²) >= 11 is 0. The van der Waals surface area contributed by atoms with Crippen molar-refractivity contribution < 1.29 is 14.0 Å². The van der Waals surface area contributed by atoms with Gasteiger partial charge in [0.05, 0.1) is 5.69 Å². The number of carbonyl (C=O) groups excluding carboxylic acids is 2. The van der Waals surface area contributed by atoms with Crippen LogP contribution in [0.3, 0.4) is 0 Å². The minimum atomic E-state index is -0.289. The van der Waals surface area contributed by atoms with E-state index in [1.807, 2.05) is 19.1 Å². The Hall–Kier alpha value is -2.63. The molecule has 1 N–H and O–H groups in total. The number of carbonyl (C=O) groups is 2. The Bertz CT molecular complexity index is 1050. The number of benzene rings is 1. The molecule has 3 aliphatic rings. The zero-order valence-corrected chi connectivity index (χ0v) is 18.7. The van der Waals surface area contributed by atoms with Gasteiger partial charge in [-0.3, -0.25) is 9.59 Å². The third-order valence-electron chi connectivity index (χ3n) is 8.34. The van der Waals surface area contributed by atoms with E-state index < -0.39 is 0 Å². The number of rotatable bonds is 4. The molecule has 0 spiro atoms. The molecule has 1 amide bonds.